The highest BCUT2D eigenvalue weighted by Crippen LogP contribution is 2.42. The number of aromatic nitrogens is 4. The fourth-order valence-electron chi connectivity index (χ4n) is 4.37. The molecule has 162 valence electrons. The first-order valence-corrected chi connectivity index (χ1v) is 11.4. The Balaban J connectivity index is 1.25. The zero-order valence-corrected chi connectivity index (χ0v) is 18.0. The van der Waals surface area contributed by atoms with Gasteiger partial charge in [0.15, 0.2) is 5.65 Å². The molecule has 0 spiro atoms. The highest BCUT2D eigenvalue weighted by atomic mass is 15.3. The van der Waals surface area contributed by atoms with E-state index in [0.29, 0.717) is 18.5 Å². The summed E-state index contributed by atoms with van der Waals surface area (Å²) in [5, 5.41) is 15.3. The molecule has 1 aliphatic heterocycles. The molecule has 0 bridgehead atoms. The van der Waals surface area contributed by atoms with Crippen molar-refractivity contribution in [3.05, 3.63) is 72.1 Å². The van der Waals surface area contributed by atoms with Crippen molar-refractivity contribution >= 4 is 17.3 Å². The van der Waals surface area contributed by atoms with Crippen LogP contribution in [0.15, 0.2) is 60.9 Å². The summed E-state index contributed by atoms with van der Waals surface area (Å²) in [6.07, 6.45) is 7.41. The van der Waals surface area contributed by atoms with Crippen LogP contribution in [-0.2, 0) is 6.54 Å². The zero-order chi connectivity index (χ0) is 21.3. The van der Waals surface area contributed by atoms with Gasteiger partial charge in [-0.15, -0.1) is 0 Å². The summed E-state index contributed by atoms with van der Waals surface area (Å²) in [5.74, 6) is 2.49. The van der Waals surface area contributed by atoms with Crippen molar-refractivity contribution in [2.75, 3.05) is 23.7 Å². The molecule has 3 N–H and O–H groups in total. The Bertz CT molecular complexity index is 1210. The van der Waals surface area contributed by atoms with Gasteiger partial charge in [-0.2, -0.15) is 9.61 Å². The van der Waals surface area contributed by atoms with Gasteiger partial charge in [-0.25, -0.2) is 4.98 Å². The maximum Gasteiger partial charge on any atom is 0.163 e. The molecule has 32 heavy (non-hydrogen) atoms. The molecule has 1 aliphatic carbocycles. The maximum atomic E-state index is 4.94. The van der Waals surface area contributed by atoms with Gasteiger partial charge in [0.25, 0.3) is 0 Å². The summed E-state index contributed by atoms with van der Waals surface area (Å²) in [6, 6.07) is 17.0. The van der Waals surface area contributed by atoms with Gasteiger partial charge < -0.3 is 16.0 Å². The third-order valence-electron chi connectivity index (χ3n) is 6.32. The van der Waals surface area contributed by atoms with Gasteiger partial charge in [-0.1, -0.05) is 30.3 Å². The molecule has 3 aromatic heterocycles. The van der Waals surface area contributed by atoms with Crippen molar-refractivity contribution in [2.45, 2.75) is 37.8 Å². The lowest BCUT2D eigenvalue weighted by atomic mass is 10.1. The molecule has 4 aromatic rings. The predicted octanol–water partition coefficient (Wildman–Crippen LogP) is 4.05. The SMILES string of the molecule is c1ccc(-c2ccc(CNc3cc(NC4CCNC4)nc4c(C5CC5)cnn34)cc2)nc1. The number of pyridine rings is 1. The Labute approximate surface area is 187 Å². The molecule has 2 fully saturated rings. The van der Waals surface area contributed by atoms with Gasteiger partial charge in [-0.05, 0) is 49.4 Å². The number of rotatable bonds is 7. The maximum absolute atomic E-state index is 4.94. The van der Waals surface area contributed by atoms with Gasteiger partial charge in [0.05, 0.1) is 11.9 Å². The zero-order valence-electron chi connectivity index (χ0n) is 18.0. The van der Waals surface area contributed by atoms with Crippen molar-refractivity contribution in [3.63, 3.8) is 0 Å². The van der Waals surface area contributed by atoms with E-state index in [1.807, 2.05) is 35.1 Å². The number of nitrogens with one attached hydrogen (secondary N) is 3. The van der Waals surface area contributed by atoms with Crippen LogP contribution in [0.25, 0.3) is 16.9 Å². The highest BCUT2D eigenvalue weighted by Gasteiger charge is 2.28. The Morgan fingerprint density at radius 1 is 1.06 bits per heavy atom. The molecule has 1 aromatic carbocycles. The van der Waals surface area contributed by atoms with E-state index in [1.54, 1.807) is 0 Å². The van der Waals surface area contributed by atoms with Crippen LogP contribution in [0.2, 0.25) is 0 Å². The average molecular weight is 426 g/mol. The third kappa shape index (κ3) is 3.91. The largest absolute Gasteiger partial charge is 0.366 e. The molecule has 0 radical (unpaired) electrons. The second-order valence-electron chi connectivity index (χ2n) is 8.74. The van der Waals surface area contributed by atoms with Crippen LogP contribution >= 0.6 is 0 Å². The normalized spacial score (nSPS) is 18.2. The lowest BCUT2D eigenvalue weighted by molar-refractivity contribution is 0.786. The summed E-state index contributed by atoms with van der Waals surface area (Å²) < 4.78 is 1.95. The van der Waals surface area contributed by atoms with Gasteiger partial charge in [0.1, 0.15) is 11.6 Å². The highest BCUT2D eigenvalue weighted by molar-refractivity contribution is 5.62. The standard InChI is InChI=1S/C25H27N7/c1-2-11-27-22(3-1)19-6-4-17(5-7-19)14-28-24-13-23(30-20-10-12-26-15-20)31-25-21(18-8-9-18)16-29-32(24)25/h1-7,11,13,16,18,20,26,28H,8-10,12,14-15H2,(H,30,31). The molecule has 6 rings (SSSR count). The number of hydrogen-bond donors (Lipinski definition) is 3. The van der Waals surface area contributed by atoms with E-state index in [9.17, 15) is 0 Å². The minimum atomic E-state index is 0.421. The van der Waals surface area contributed by atoms with Gasteiger partial charge >= 0.3 is 0 Å². The summed E-state index contributed by atoms with van der Waals surface area (Å²) in [4.78, 5) is 9.37. The molecule has 7 nitrogen and oxygen atoms in total. The van der Waals surface area contributed by atoms with Crippen LogP contribution in [0, 0.1) is 0 Å². The van der Waals surface area contributed by atoms with E-state index in [4.69, 9.17) is 4.98 Å². The second-order valence-corrected chi connectivity index (χ2v) is 8.74. The molecule has 1 unspecified atom stereocenters. The van der Waals surface area contributed by atoms with Crippen LogP contribution < -0.4 is 16.0 Å². The topological polar surface area (TPSA) is 79.2 Å². The number of anilines is 2. The summed E-state index contributed by atoms with van der Waals surface area (Å²) in [5.41, 5.74) is 5.55. The average Bonchev–Trinajstić information content (AvgIpc) is 3.38. The molecule has 7 heteroatoms. The van der Waals surface area contributed by atoms with Gasteiger partial charge in [0.2, 0.25) is 0 Å². The summed E-state index contributed by atoms with van der Waals surface area (Å²) >= 11 is 0. The Hall–Kier alpha value is -3.45. The number of nitrogens with zero attached hydrogens (tertiary/aromatic N) is 4. The molecule has 1 saturated carbocycles. The molecule has 1 saturated heterocycles. The minimum Gasteiger partial charge on any atom is -0.366 e. The summed E-state index contributed by atoms with van der Waals surface area (Å²) in [7, 11) is 0. The van der Waals surface area contributed by atoms with Crippen molar-refractivity contribution in [2.24, 2.45) is 0 Å². The molecule has 4 heterocycles. The van der Waals surface area contributed by atoms with E-state index >= 15 is 0 Å². The first-order valence-electron chi connectivity index (χ1n) is 11.4. The lowest BCUT2D eigenvalue weighted by Crippen LogP contribution is -2.23. The van der Waals surface area contributed by atoms with E-state index in [1.165, 1.54) is 24.0 Å². The monoisotopic (exact) mass is 425 g/mol. The van der Waals surface area contributed by atoms with Gasteiger partial charge in [-0.3, -0.25) is 4.98 Å². The fourth-order valence-corrected chi connectivity index (χ4v) is 4.37. The van der Waals surface area contributed by atoms with Crippen LogP contribution in [0.1, 0.15) is 36.3 Å². The number of hydrogen-bond acceptors (Lipinski definition) is 6. The quantitative estimate of drug-likeness (QED) is 0.415. The number of fused-ring (bicyclic) bond motifs is 1. The van der Waals surface area contributed by atoms with Crippen molar-refractivity contribution in [1.82, 2.24) is 24.9 Å². The molecule has 0 amide bonds. The van der Waals surface area contributed by atoms with Gasteiger partial charge in [0, 0.05) is 42.5 Å². The molecular formula is C25H27N7. The third-order valence-corrected chi connectivity index (χ3v) is 6.32. The lowest BCUT2D eigenvalue weighted by Gasteiger charge is -2.15. The Kier molecular flexibility index (Phi) is 4.96. The number of benzene rings is 1. The van der Waals surface area contributed by atoms with E-state index < -0.39 is 0 Å². The first kappa shape index (κ1) is 19.3. The second kappa shape index (κ2) is 8.24. The molecular weight excluding hydrogens is 398 g/mol. The smallest absolute Gasteiger partial charge is 0.163 e. The molecule has 2 aliphatic rings. The van der Waals surface area contributed by atoms with E-state index in [0.717, 1.165) is 48.1 Å². The minimum absolute atomic E-state index is 0.421. The summed E-state index contributed by atoms with van der Waals surface area (Å²) in [6.45, 7) is 2.75. The van der Waals surface area contributed by atoms with E-state index in [2.05, 4.69) is 56.4 Å². The van der Waals surface area contributed by atoms with Crippen LogP contribution in [-0.4, -0.2) is 38.7 Å². The van der Waals surface area contributed by atoms with Crippen molar-refractivity contribution < 1.29 is 0 Å². The van der Waals surface area contributed by atoms with Crippen molar-refractivity contribution in [1.29, 1.82) is 0 Å². The Morgan fingerprint density at radius 2 is 1.97 bits per heavy atom. The molecule has 1 atom stereocenters. The van der Waals surface area contributed by atoms with Crippen LogP contribution in [0.3, 0.4) is 0 Å². The van der Waals surface area contributed by atoms with Crippen LogP contribution in [0.5, 0.6) is 0 Å². The predicted molar refractivity (Wildman–Crippen MR) is 127 cm³/mol. The van der Waals surface area contributed by atoms with E-state index in [-0.39, 0.29) is 0 Å². The first-order chi connectivity index (χ1) is 15.8. The fraction of sp³-hybridized carbons (Fsp3) is 0.320. The van der Waals surface area contributed by atoms with Crippen LogP contribution in [0.4, 0.5) is 11.6 Å². The van der Waals surface area contributed by atoms with Crippen molar-refractivity contribution in [3.8, 4) is 11.3 Å². The Morgan fingerprint density at radius 3 is 2.72 bits per heavy atom.